The third kappa shape index (κ3) is 1.89. The topological polar surface area (TPSA) is 83.3 Å². The fourth-order valence-corrected chi connectivity index (χ4v) is 2.69. The summed E-state index contributed by atoms with van der Waals surface area (Å²) in [6.45, 7) is 0. The maximum absolute atomic E-state index is 12.1. The van der Waals surface area contributed by atoms with Gasteiger partial charge in [-0.15, -0.1) is 5.10 Å². The molecule has 108 valence electrons. The predicted molar refractivity (Wildman–Crippen MR) is 71.1 cm³/mol. The highest BCUT2D eigenvalue weighted by atomic mass is 16.5. The second-order valence-corrected chi connectivity index (χ2v) is 4.62. The van der Waals surface area contributed by atoms with Gasteiger partial charge in [-0.05, 0) is 5.56 Å². The smallest absolute Gasteiger partial charge is 0.322 e. The highest BCUT2D eigenvalue weighted by Gasteiger charge is 2.44. The van der Waals surface area contributed by atoms with Crippen LogP contribution in [0.15, 0.2) is 30.5 Å². The third-order valence-electron chi connectivity index (χ3n) is 3.62. The number of carbonyl (C=O) groups is 2. The monoisotopic (exact) mass is 287 g/mol. The summed E-state index contributed by atoms with van der Waals surface area (Å²) in [5, 5.41) is 7.85. The maximum Gasteiger partial charge on any atom is 0.322 e. The van der Waals surface area contributed by atoms with Crippen LogP contribution in [0.4, 0.5) is 0 Å². The van der Waals surface area contributed by atoms with Gasteiger partial charge < -0.3 is 9.47 Å². The fourth-order valence-electron chi connectivity index (χ4n) is 2.69. The molecular formula is C14H13N3O4. The first-order chi connectivity index (χ1) is 10.2. The lowest BCUT2D eigenvalue weighted by Gasteiger charge is -2.20. The number of benzene rings is 1. The number of hydrogen-bond donors (Lipinski definition) is 0. The lowest BCUT2D eigenvalue weighted by Crippen LogP contribution is -2.34. The molecule has 0 fully saturated rings. The molecule has 2 heterocycles. The Morgan fingerprint density at radius 3 is 2.52 bits per heavy atom. The first-order valence-corrected chi connectivity index (χ1v) is 6.34. The van der Waals surface area contributed by atoms with Crippen LogP contribution in [0.1, 0.15) is 11.6 Å². The molecule has 0 saturated heterocycles. The number of methoxy groups -OCH3 is 2. The molecule has 1 unspecified atom stereocenters. The summed E-state index contributed by atoms with van der Waals surface area (Å²) in [6.07, 6.45) is 1.60. The molecule has 7 nitrogen and oxygen atoms in total. The molecular weight excluding hydrogens is 274 g/mol. The van der Waals surface area contributed by atoms with Gasteiger partial charge in [-0.1, -0.05) is 29.5 Å². The van der Waals surface area contributed by atoms with Crippen molar-refractivity contribution in [3.63, 3.8) is 0 Å². The van der Waals surface area contributed by atoms with Crippen LogP contribution < -0.4 is 0 Å². The molecule has 0 saturated carbocycles. The summed E-state index contributed by atoms with van der Waals surface area (Å²) in [5.41, 5.74) is 2.47. The molecule has 0 radical (unpaired) electrons. The van der Waals surface area contributed by atoms with E-state index in [1.807, 2.05) is 24.3 Å². The Hall–Kier alpha value is -2.70. The van der Waals surface area contributed by atoms with Crippen molar-refractivity contribution in [2.45, 2.75) is 6.04 Å². The molecule has 1 aliphatic rings. The van der Waals surface area contributed by atoms with E-state index in [9.17, 15) is 9.59 Å². The van der Waals surface area contributed by atoms with Crippen molar-refractivity contribution in [2.75, 3.05) is 14.2 Å². The van der Waals surface area contributed by atoms with E-state index in [-0.39, 0.29) is 0 Å². The minimum atomic E-state index is -1.12. The van der Waals surface area contributed by atoms with Gasteiger partial charge in [0.2, 0.25) is 0 Å². The molecule has 21 heavy (non-hydrogen) atoms. The van der Waals surface area contributed by atoms with Gasteiger partial charge in [-0.2, -0.15) is 0 Å². The number of nitrogens with zero attached hydrogens (tertiary/aromatic N) is 3. The Morgan fingerprint density at radius 1 is 1.19 bits per heavy atom. The highest BCUT2D eigenvalue weighted by molar-refractivity contribution is 5.96. The van der Waals surface area contributed by atoms with E-state index in [1.54, 1.807) is 10.9 Å². The van der Waals surface area contributed by atoms with E-state index < -0.39 is 23.9 Å². The molecule has 1 aromatic carbocycles. The Labute approximate surface area is 120 Å². The van der Waals surface area contributed by atoms with Gasteiger partial charge in [0.1, 0.15) is 6.04 Å². The normalized spacial score (nSPS) is 15.5. The van der Waals surface area contributed by atoms with Crippen molar-refractivity contribution in [3.05, 3.63) is 36.0 Å². The average molecular weight is 287 g/mol. The Morgan fingerprint density at radius 2 is 1.86 bits per heavy atom. The minimum Gasteiger partial charge on any atom is -0.468 e. The largest absolute Gasteiger partial charge is 0.468 e. The second-order valence-electron chi connectivity index (χ2n) is 4.62. The lowest BCUT2D eigenvalue weighted by atomic mass is 9.92. The standard InChI is InChI=1S/C14H13N3O4/c1-20-13(18)11(14(19)21-2)12-9-6-4-3-5-8(9)10-7-15-16-17(10)12/h3-7,11-12H,1-2H3. The van der Waals surface area contributed by atoms with Crippen molar-refractivity contribution in [1.82, 2.24) is 15.0 Å². The molecule has 2 aromatic rings. The van der Waals surface area contributed by atoms with Crippen LogP contribution in [0.5, 0.6) is 0 Å². The quantitative estimate of drug-likeness (QED) is 0.613. The van der Waals surface area contributed by atoms with Gasteiger partial charge in [-0.3, -0.25) is 9.59 Å². The summed E-state index contributed by atoms with van der Waals surface area (Å²) < 4.78 is 11.1. The number of fused-ring (bicyclic) bond motifs is 3. The Balaban J connectivity index is 2.17. The van der Waals surface area contributed by atoms with Crippen LogP contribution in [0.3, 0.4) is 0 Å². The van der Waals surface area contributed by atoms with Crippen LogP contribution in [-0.4, -0.2) is 41.2 Å². The van der Waals surface area contributed by atoms with E-state index in [2.05, 4.69) is 10.3 Å². The van der Waals surface area contributed by atoms with Gasteiger partial charge in [0.25, 0.3) is 0 Å². The zero-order chi connectivity index (χ0) is 15.0. The summed E-state index contributed by atoms with van der Waals surface area (Å²) >= 11 is 0. The first-order valence-electron chi connectivity index (χ1n) is 6.34. The van der Waals surface area contributed by atoms with E-state index >= 15 is 0 Å². The number of hydrogen-bond acceptors (Lipinski definition) is 6. The molecule has 7 heteroatoms. The van der Waals surface area contributed by atoms with Crippen molar-refractivity contribution < 1.29 is 19.1 Å². The number of esters is 2. The number of ether oxygens (including phenoxy) is 2. The Bertz CT molecular complexity index is 694. The number of aromatic nitrogens is 3. The Kier molecular flexibility index (Phi) is 3.17. The van der Waals surface area contributed by atoms with Crippen LogP contribution in [0.25, 0.3) is 11.3 Å². The van der Waals surface area contributed by atoms with E-state index in [1.165, 1.54) is 14.2 Å². The number of rotatable bonds is 3. The summed E-state index contributed by atoms with van der Waals surface area (Å²) in [5.74, 6) is -2.45. The predicted octanol–water partition coefficient (Wildman–Crippen LogP) is 0.810. The zero-order valence-corrected chi connectivity index (χ0v) is 11.5. The fraction of sp³-hybridized carbons (Fsp3) is 0.286. The van der Waals surface area contributed by atoms with Crippen molar-refractivity contribution in [2.24, 2.45) is 5.92 Å². The van der Waals surface area contributed by atoms with Crippen LogP contribution in [0, 0.1) is 5.92 Å². The molecule has 1 aliphatic heterocycles. The average Bonchev–Trinajstić information content (AvgIpc) is 3.09. The lowest BCUT2D eigenvalue weighted by molar-refractivity contribution is -0.160. The molecule has 1 aromatic heterocycles. The highest BCUT2D eigenvalue weighted by Crippen LogP contribution is 2.42. The van der Waals surface area contributed by atoms with E-state index in [0.717, 1.165) is 16.8 Å². The van der Waals surface area contributed by atoms with Gasteiger partial charge in [-0.25, -0.2) is 4.68 Å². The van der Waals surface area contributed by atoms with Crippen molar-refractivity contribution in [1.29, 1.82) is 0 Å². The number of carbonyl (C=O) groups excluding carboxylic acids is 2. The minimum absolute atomic E-state index is 0.612. The van der Waals surface area contributed by atoms with Crippen molar-refractivity contribution >= 4 is 11.9 Å². The summed E-state index contributed by atoms with van der Waals surface area (Å²) in [6, 6.07) is 6.86. The molecule has 1 atom stereocenters. The molecule has 0 bridgehead atoms. The molecule has 0 aliphatic carbocycles. The van der Waals surface area contributed by atoms with Gasteiger partial charge in [0, 0.05) is 5.56 Å². The molecule has 0 spiro atoms. The molecule has 0 amide bonds. The van der Waals surface area contributed by atoms with Crippen LogP contribution in [-0.2, 0) is 19.1 Å². The van der Waals surface area contributed by atoms with Gasteiger partial charge in [0.05, 0.1) is 26.1 Å². The SMILES string of the molecule is COC(=O)C(C(=O)OC)C1c2ccccc2-c2cnnn21. The first kappa shape index (κ1) is 13.3. The van der Waals surface area contributed by atoms with Crippen LogP contribution >= 0.6 is 0 Å². The maximum atomic E-state index is 12.1. The van der Waals surface area contributed by atoms with E-state index in [0.29, 0.717) is 0 Å². The summed E-state index contributed by atoms with van der Waals surface area (Å²) in [4.78, 5) is 24.1. The molecule has 0 N–H and O–H groups in total. The van der Waals surface area contributed by atoms with Gasteiger partial charge in [0.15, 0.2) is 5.92 Å². The molecule has 3 rings (SSSR count). The zero-order valence-electron chi connectivity index (χ0n) is 11.5. The van der Waals surface area contributed by atoms with Crippen molar-refractivity contribution in [3.8, 4) is 11.3 Å². The van der Waals surface area contributed by atoms with E-state index in [4.69, 9.17) is 9.47 Å². The third-order valence-corrected chi connectivity index (χ3v) is 3.62. The van der Waals surface area contributed by atoms with Gasteiger partial charge >= 0.3 is 11.9 Å². The van der Waals surface area contributed by atoms with Crippen LogP contribution in [0.2, 0.25) is 0 Å². The second kappa shape index (κ2) is 5.01. The summed E-state index contributed by atoms with van der Waals surface area (Å²) in [7, 11) is 2.47.